The van der Waals surface area contributed by atoms with Crippen molar-refractivity contribution >= 4 is 39.6 Å². The minimum Gasteiger partial charge on any atom is -0.351 e. The fourth-order valence-corrected chi connectivity index (χ4v) is 2.48. The van der Waals surface area contributed by atoms with Crippen molar-refractivity contribution in [1.29, 1.82) is 0 Å². The van der Waals surface area contributed by atoms with Crippen LogP contribution in [-0.2, 0) is 0 Å². The van der Waals surface area contributed by atoms with Crippen LogP contribution in [0.4, 0.5) is 10.2 Å². The number of hydrogen-bond acceptors (Lipinski definition) is 3. The van der Waals surface area contributed by atoms with Crippen LogP contribution in [0.15, 0.2) is 6.07 Å². The molecule has 2 aromatic heterocycles. The molecule has 16 heavy (non-hydrogen) atoms. The second-order valence-corrected chi connectivity index (χ2v) is 5.15. The maximum Gasteiger partial charge on any atom is 0.180 e. The average Bonchev–Trinajstić information content (AvgIpc) is 2.54. The summed E-state index contributed by atoms with van der Waals surface area (Å²) >= 11 is 2.24. The lowest BCUT2D eigenvalue weighted by Gasteiger charge is -2.35. The molecule has 3 heterocycles. The van der Waals surface area contributed by atoms with E-state index >= 15 is 0 Å². The number of halogens is 2. The zero-order chi connectivity index (χ0) is 11.3. The molecule has 3 rings (SSSR count). The van der Waals surface area contributed by atoms with E-state index in [-0.39, 0.29) is 0 Å². The molecule has 0 spiro atoms. The molecule has 1 fully saturated rings. The van der Waals surface area contributed by atoms with Gasteiger partial charge in [0.25, 0.3) is 0 Å². The Balaban J connectivity index is 2.06. The Hall–Kier alpha value is -0.920. The topological polar surface area (TPSA) is 44.8 Å². The number of fused-ring (bicyclic) bond motifs is 1. The third-order valence-electron chi connectivity index (χ3n) is 2.68. The van der Waals surface area contributed by atoms with Gasteiger partial charge in [-0.2, -0.15) is 0 Å². The predicted molar refractivity (Wildman–Crippen MR) is 68.5 cm³/mol. The number of imidazole rings is 1. The minimum atomic E-state index is -0.712. The second kappa shape index (κ2) is 3.54. The van der Waals surface area contributed by atoms with Crippen LogP contribution >= 0.6 is 22.6 Å². The van der Waals surface area contributed by atoms with E-state index in [2.05, 4.69) is 37.5 Å². The Morgan fingerprint density at radius 1 is 1.50 bits per heavy atom. The maximum absolute atomic E-state index is 12.8. The summed E-state index contributed by atoms with van der Waals surface area (Å²) in [6, 6.07) is 1.96. The Labute approximate surface area is 105 Å². The highest BCUT2D eigenvalue weighted by atomic mass is 127. The summed E-state index contributed by atoms with van der Waals surface area (Å²) in [5, 5.41) is 0. The largest absolute Gasteiger partial charge is 0.351 e. The number of aromatic amines is 1. The van der Waals surface area contributed by atoms with Gasteiger partial charge in [0.2, 0.25) is 0 Å². The summed E-state index contributed by atoms with van der Waals surface area (Å²) < 4.78 is 13.8. The first kappa shape index (κ1) is 10.2. The third-order valence-corrected chi connectivity index (χ3v) is 3.53. The molecule has 0 unspecified atom stereocenters. The number of nitrogens with one attached hydrogen (secondary N) is 1. The molecule has 1 aliphatic heterocycles. The molecule has 0 aromatic carbocycles. The third kappa shape index (κ3) is 1.55. The predicted octanol–water partition coefficient (Wildman–Crippen LogP) is 2.03. The van der Waals surface area contributed by atoms with Gasteiger partial charge in [0.05, 0.1) is 18.6 Å². The lowest BCUT2D eigenvalue weighted by Crippen LogP contribution is -2.48. The number of anilines is 1. The van der Waals surface area contributed by atoms with Crippen LogP contribution in [0.2, 0.25) is 0 Å². The molecule has 1 saturated heterocycles. The Morgan fingerprint density at radius 2 is 2.25 bits per heavy atom. The van der Waals surface area contributed by atoms with Crippen molar-refractivity contribution < 1.29 is 4.39 Å². The molecule has 0 saturated carbocycles. The van der Waals surface area contributed by atoms with Crippen LogP contribution in [0, 0.1) is 10.5 Å². The molecule has 1 aliphatic rings. The fraction of sp³-hybridized carbons (Fsp3) is 0.400. The average molecular weight is 332 g/mol. The number of aromatic nitrogens is 3. The molecule has 1 N–H and O–H groups in total. The summed E-state index contributed by atoms with van der Waals surface area (Å²) in [4.78, 5) is 13.8. The number of H-pyrrole nitrogens is 1. The Kier molecular flexibility index (Phi) is 2.27. The van der Waals surface area contributed by atoms with Crippen LogP contribution in [0.5, 0.6) is 0 Å². The molecule has 84 valence electrons. The number of alkyl halides is 1. The van der Waals surface area contributed by atoms with Gasteiger partial charge < -0.3 is 9.88 Å². The molecule has 0 radical (unpaired) electrons. The molecule has 2 aromatic rings. The maximum atomic E-state index is 12.8. The van der Waals surface area contributed by atoms with Crippen LogP contribution < -0.4 is 4.90 Å². The van der Waals surface area contributed by atoms with Crippen LogP contribution in [0.25, 0.3) is 11.2 Å². The van der Waals surface area contributed by atoms with Crippen LogP contribution in [0.3, 0.4) is 0 Å². The number of nitrogens with zero attached hydrogens (tertiary/aromatic N) is 3. The lowest BCUT2D eigenvalue weighted by molar-refractivity contribution is 0.273. The van der Waals surface area contributed by atoms with Gasteiger partial charge in [-0.05, 0) is 35.6 Å². The van der Waals surface area contributed by atoms with Gasteiger partial charge >= 0.3 is 0 Å². The van der Waals surface area contributed by atoms with Gasteiger partial charge in [-0.15, -0.1) is 0 Å². The fourth-order valence-electron chi connectivity index (χ4n) is 1.83. The zero-order valence-corrected chi connectivity index (χ0v) is 10.8. The highest BCUT2D eigenvalue weighted by Crippen LogP contribution is 2.26. The SMILES string of the molecule is Cc1nc2nc(N3CC(F)C3)cc(I)c2[nH]1. The van der Waals surface area contributed by atoms with Gasteiger partial charge in [0.15, 0.2) is 5.65 Å². The lowest BCUT2D eigenvalue weighted by atomic mass is 10.2. The van der Waals surface area contributed by atoms with E-state index in [1.54, 1.807) is 0 Å². The van der Waals surface area contributed by atoms with E-state index in [1.807, 2.05) is 17.9 Å². The number of aryl methyl sites for hydroxylation is 1. The summed E-state index contributed by atoms with van der Waals surface area (Å²) in [5.74, 6) is 1.67. The Morgan fingerprint density at radius 3 is 2.94 bits per heavy atom. The van der Waals surface area contributed by atoms with Gasteiger partial charge in [-0.25, -0.2) is 14.4 Å². The van der Waals surface area contributed by atoms with Crippen molar-refractivity contribution in [2.45, 2.75) is 13.1 Å². The summed E-state index contributed by atoms with van der Waals surface area (Å²) in [7, 11) is 0. The standard InChI is InChI=1S/C10H10FIN4/c1-5-13-9-7(12)2-8(15-10(9)14-5)16-3-6(11)4-16/h2,6H,3-4H2,1H3,(H,13,14,15). The summed E-state index contributed by atoms with van der Waals surface area (Å²) in [6.45, 7) is 2.79. The number of hydrogen-bond donors (Lipinski definition) is 1. The van der Waals surface area contributed by atoms with Crippen molar-refractivity contribution in [1.82, 2.24) is 15.0 Å². The highest BCUT2D eigenvalue weighted by Gasteiger charge is 2.28. The van der Waals surface area contributed by atoms with Gasteiger partial charge in [-0.1, -0.05) is 0 Å². The molecule has 0 amide bonds. The van der Waals surface area contributed by atoms with E-state index in [1.165, 1.54) is 0 Å². The summed E-state index contributed by atoms with van der Waals surface area (Å²) in [5.41, 5.74) is 1.67. The number of pyridine rings is 1. The highest BCUT2D eigenvalue weighted by molar-refractivity contribution is 14.1. The molecular weight excluding hydrogens is 322 g/mol. The van der Waals surface area contributed by atoms with Gasteiger partial charge in [0, 0.05) is 3.57 Å². The second-order valence-electron chi connectivity index (χ2n) is 3.99. The van der Waals surface area contributed by atoms with Crippen molar-refractivity contribution in [2.24, 2.45) is 0 Å². The quantitative estimate of drug-likeness (QED) is 0.813. The normalized spacial score (nSPS) is 16.8. The monoisotopic (exact) mass is 332 g/mol. The van der Waals surface area contributed by atoms with E-state index in [9.17, 15) is 4.39 Å². The van der Waals surface area contributed by atoms with Crippen molar-refractivity contribution in [3.63, 3.8) is 0 Å². The van der Waals surface area contributed by atoms with E-state index in [4.69, 9.17) is 0 Å². The van der Waals surface area contributed by atoms with Crippen molar-refractivity contribution in [3.8, 4) is 0 Å². The van der Waals surface area contributed by atoms with E-state index in [0.717, 1.165) is 20.7 Å². The van der Waals surface area contributed by atoms with Crippen molar-refractivity contribution in [2.75, 3.05) is 18.0 Å². The molecule has 4 nitrogen and oxygen atoms in total. The Bertz CT molecular complexity index is 547. The number of rotatable bonds is 1. The first-order valence-electron chi connectivity index (χ1n) is 5.05. The molecule has 0 bridgehead atoms. The summed E-state index contributed by atoms with van der Waals surface area (Å²) in [6.07, 6.45) is -0.712. The zero-order valence-electron chi connectivity index (χ0n) is 8.67. The van der Waals surface area contributed by atoms with Crippen molar-refractivity contribution in [3.05, 3.63) is 15.5 Å². The van der Waals surface area contributed by atoms with Crippen LogP contribution in [0.1, 0.15) is 5.82 Å². The molecule has 0 atom stereocenters. The smallest absolute Gasteiger partial charge is 0.180 e. The van der Waals surface area contributed by atoms with E-state index in [0.29, 0.717) is 18.7 Å². The molecular formula is C10H10FIN4. The van der Waals surface area contributed by atoms with Gasteiger partial charge in [-0.3, -0.25) is 0 Å². The first-order chi connectivity index (χ1) is 7.63. The minimum absolute atomic E-state index is 0.442. The molecule has 0 aliphatic carbocycles. The van der Waals surface area contributed by atoms with Gasteiger partial charge in [0.1, 0.15) is 17.8 Å². The first-order valence-corrected chi connectivity index (χ1v) is 6.13. The van der Waals surface area contributed by atoms with E-state index < -0.39 is 6.17 Å². The molecule has 6 heteroatoms. The van der Waals surface area contributed by atoms with Crippen LogP contribution in [-0.4, -0.2) is 34.2 Å².